The smallest absolute Gasteiger partial charge is 0.0428 e. The monoisotopic (exact) mass is 214 g/mol. The van der Waals surface area contributed by atoms with E-state index in [1.165, 1.54) is 0 Å². The first-order chi connectivity index (χ1) is 5.74. The van der Waals surface area contributed by atoms with Gasteiger partial charge in [-0.15, -0.1) is 0 Å². The lowest BCUT2D eigenvalue weighted by atomic mass is 10.5. The van der Waals surface area contributed by atoms with Crippen LogP contribution in [0, 0.1) is 0 Å². The maximum Gasteiger partial charge on any atom is 0.0428 e. The molecule has 0 saturated carbocycles. The normalized spacial score (nSPS) is 6.92. The Morgan fingerprint density at radius 2 is 0.692 bits per heavy atom. The van der Waals surface area contributed by atoms with E-state index in [1.807, 2.05) is 20.8 Å². The molecule has 0 aliphatic rings. The number of hydrogen-bond acceptors (Lipinski definition) is 3. The van der Waals surface area contributed by atoms with E-state index in [-0.39, 0.29) is 9.90 Å². The van der Waals surface area contributed by atoms with Crippen LogP contribution in [0.15, 0.2) is 0 Å². The molecule has 0 fully saturated rings. The molecular formula is C9H27O3P. The third-order valence-corrected chi connectivity index (χ3v) is 0.671. The molecule has 0 aliphatic heterocycles. The van der Waals surface area contributed by atoms with E-state index in [2.05, 4.69) is 0 Å². The fourth-order valence-corrected chi connectivity index (χ4v) is 0. The van der Waals surface area contributed by atoms with Gasteiger partial charge in [0.05, 0.1) is 0 Å². The van der Waals surface area contributed by atoms with E-state index in [4.69, 9.17) is 15.3 Å². The molecule has 4 heteroatoms. The molecule has 3 N–H and O–H groups in total. The molecule has 0 aromatic heterocycles. The van der Waals surface area contributed by atoms with Gasteiger partial charge in [0, 0.05) is 19.8 Å². The first kappa shape index (κ1) is 23.3. The summed E-state index contributed by atoms with van der Waals surface area (Å²) in [6.07, 6.45) is 2.62. The Kier molecular flexibility index (Phi) is 70.8. The Bertz CT molecular complexity index is 30.3. The van der Waals surface area contributed by atoms with E-state index >= 15 is 0 Å². The number of aliphatic hydroxyl groups is 3. The second-order valence-corrected chi connectivity index (χ2v) is 2.17. The highest BCUT2D eigenvalue weighted by Gasteiger charge is 1.58. The van der Waals surface area contributed by atoms with Crippen molar-refractivity contribution in [3.63, 3.8) is 0 Å². The van der Waals surface area contributed by atoms with Crippen molar-refractivity contribution in [3.8, 4) is 0 Å². The maximum atomic E-state index is 7.88. The van der Waals surface area contributed by atoms with Gasteiger partial charge in [-0.1, -0.05) is 20.8 Å². The molecule has 0 amide bonds. The number of rotatable bonds is 3. The molecule has 0 bridgehead atoms. The predicted molar refractivity (Wildman–Crippen MR) is 63.2 cm³/mol. The fourth-order valence-electron chi connectivity index (χ4n) is 0. The Labute approximate surface area is 85.8 Å². The molecule has 0 radical (unpaired) electrons. The third-order valence-electron chi connectivity index (χ3n) is 0.671. The lowest BCUT2D eigenvalue weighted by Gasteiger charge is -1.69. The van der Waals surface area contributed by atoms with Crippen molar-refractivity contribution in [3.05, 3.63) is 0 Å². The van der Waals surface area contributed by atoms with Gasteiger partial charge < -0.3 is 15.3 Å². The van der Waals surface area contributed by atoms with Crippen LogP contribution >= 0.6 is 9.90 Å². The van der Waals surface area contributed by atoms with E-state index < -0.39 is 0 Å². The summed E-state index contributed by atoms with van der Waals surface area (Å²) in [4.78, 5) is 0. The second-order valence-electron chi connectivity index (χ2n) is 2.17. The minimum absolute atomic E-state index is 0. The summed E-state index contributed by atoms with van der Waals surface area (Å²) in [5, 5.41) is 23.6. The van der Waals surface area contributed by atoms with Gasteiger partial charge in [-0.05, 0) is 19.3 Å². The molecule has 0 aliphatic carbocycles. The average molecular weight is 214 g/mol. The molecule has 0 heterocycles. The van der Waals surface area contributed by atoms with Crippen molar-refractivity contribution in [1.29, 1.82) is 0 Å². The van der Waals surface area contributed by atoms with Gasteiger partial charge in [0.2, 0.25) is 0 Å². The standard InChI is InChI=1S/3C3H8O.H3P/c3*1-2-3-4;/h3*4H,2-3H2,1H3;1H3. The lowest BCUT2D eigenvalue weighted by Crippen LogP contribution is -1.69. The summed E-state index contributed by atoms with van der Waals surface area (Å²) >= 11 is 0. The molecule has 0 aromatic carbocycles. The minimum atomic E-state index is 0. The van der Waals surface area contributed by atoms with Crippen LogP contribution in [0.25, 0.3) is 0 Å². The lowest BCUT2D eigenvalue weighted by molar-refractivity contribution is 0.294. The largest absolute Gasteiger partial charge is 0.396 e. The summed E-state index contributed by atoms with van der Waals surface area (Å²) in [6, 6.07) is 0. The number of aliphatic hydroxyl groups excluding tert-OH is 3. The van der Waals surface area contributed by atoms with Crippen LogP contribution in [-0.2, 0) is 0 Å². The van der Waals surface area contributed by atoms with E-state index in [9.17, 15) is 0 Å². The molecule has 0 spiro atoms. The average Bonchev–Trinajstić information content (AvgIpc) is 2.18. The van der Waals surface area contributed by atoms with Crippen LogP contribution in [0.2, 0.25) is 0 Å². The molecule has 1 atom stereocenters. The van der Waals surface area contributed by atoms with Crippen molar-refractivity contribution in [1.82, 2.24) is 0 Å². The Hall–Kier alpha value is 0.310. The quantitative estimate of drug-likeness (QED) is 0.619. The molecular weight excluding hydrogens is 187 g/mol. The molecule has 0 rings (SSSR count). The summed E-state index contributed by atoms with van der Waals surface area (Å²) in [5.74, 6) is 0. The van der Waals surface area contributed by atoms with Gasteiger partial charge in [-0.2, -0.15) is 9.90 Å². The van der Waals surface area contributed by atoms with Crippen LogP contribution in [0.3, 0.4) is 0 Å². The topological polar surface area (TPSA) is 60.7 Å². The Morgan fingerprint density at radius 3 is 0.692 bits per heavy atom. The van der Waals surface area contributed by atoms with Crippen LogP contribution < -0.4 is 0 Å². The van der Waals surface area contributed by atoms with Crippen molar-refractivity contribution in [2.24, 2.45) is 0 Å². The maximum absolute atomic E-state index is 7.88. The first-order valence-electron chi connectivity index (χ1n) is 4.57. The second kappa shape index (κ2) is 39.5. The predicted octanol–water partition coefficient (Wildman–Crippen LogP) is 1.22. The first-order valence-corrected chi connectivity index (χ1v) is 4.57. The molecule has 13 heavy (non-hydrogen) atoms. The van der Waals surface area contributed by atoms with Crippen LogP contribution in [0.4, 0.5) is 0 Å². The summed E-state index contributed by atoms with van der Waals surface area (Å²) in [6.45, 7) is 6.75. The van der Waals surface area contributed by atoms with E-state index in [0.29, 0.717) is 19.8 Å². The summed E-state index contributed by atoms with van der Waals surface area (Å²) in [5.41, 5.74) is 0. The number of hydrogen-bond donors (Lipinski definition) is 3. The van der Waals surface area contributed by atoms with Gasteiger partial charge in [-0.3, -0.25) is 0 Å². The van der Waals surface area contributed by atoms with Crippen molar-refractivity contribution in [2.45, 2.75) is 40.0 Å². The summed E-state index contributed by atoms with van der Waals surface area (Å²) < 4.78 is 0. The third kappa shape index (κ3) is 119. The van der Waals surface area contributed by atoms with Crippen LogP contribution in [0.5, 0.6) is 0 Å². The highest BCUT2D eigenvalue weighted by molar-refractivity contribution is 6.92. The molecule has 0 saturated heterocycles. The molecule has 1 unspecified atom stereocenters. The zero-order chi connectivity index (χ0) is 10.2. The van der Waals surface area contributed by atoms with Gasteiger partial charge in [0.25, 0.3) is 0 Å². The van der Waals surface area contributed by atoms with E-state index in [1.54, 1.807) is 0 Å². The molecule has 0 aromatic rings. The summed E-state index contributed by atoms with van der Waals surface area (Å²) in [7, 11) is 0. The fraction of sp³-hybridized carbons (Fsp3) is 1.00. The van der Waals surface area contributed by atoms with Crippen LogP contribution in [0.1, 0.15) is 40.0 Å². The van der Waals surface area contributed by atoms with Gasteiger partial charge >= 0.3 is 0 Å². The molecule has 3 nitrogen and oxygen atoms in total. The van der Waals surface area contributed by atoms with Crippen LogP contribution in [-0.4, -0.2) is 35.1 Å². The van der Waals surface area contributed by atoms with Crippen molar-refractivity contribution < 1.29 is 15.3 Å². The zero-order valence-corrected chi connectivity index (χ0v) is 10.7. The van der Waals surface area contributed by atoms with Crippen molar-refractivity contribution in [2.75, 3.05) is 19.8 Å². The SMILES string of the molecule is CCCO.CCCO.CCCO.P. The Morgan fingerprint density at radius 1 is 0.615 bits per heavy atom. The highest BCUT2D eigenvalue weighted by Crippen LogP contribution is 1.62. The minimum Gasteiger partial charge on any atom is -0.396 e. The molecule has 86 valence electrons. The zero-order valence-electron chi connectivity index (χ0n) is 9.29. The van der Waals surface area contributed by atoms with Gasteiger partial charge in [0.1, 0.15) is 0 Å². The van der Waals surface area contributed by atoms with Gasteiger partial charge in [-0.25, -0.2) is 0 Å². The van der Waals surface area contributed by atoms with E-state index in [0.717, 1.165) is 19.3 Å². The van der Waals surface area contributed by atoms with Crippen molar-refractivity contribution >= 4 is 9.90 Å². The highest BCUT2D eigenvalue weighted by atomic mass is 31.0. The van der Waals surface area contributed by atoms with Gasteiger partial charge in [0.15, 0.2) is 0 Å². The Balaban J connectivity index is -0.0000000450.